The molecule has 0 aliphatic heterocycles. The Morgan fingerprint density at radius 3 is 2.41 bits per heavy atom. The summed E-state index contributed by atoms with van der Waals surface area (Å²) in [5.41, 5.74) is 13.6. The molecule has 0 saturated heterocycles. The third kappa shape index (κ3) is 4.79. The molecule has 1 heterocycles. The summed E-state index contributed by atoms with van der Waals surface area (Å²) in [7, 11) is 0. The lowest BCUT2D eigenvalue weighted by Gasteiger charge is -2.30. The molecule has 180 valence electrons. The van der Waals surface area contributed by atoms with Gasteiger partial charge in [0, 0.05) is 36.5 Å². The Hall–Kier alpha value is -2.59. The maximum atomic E-state index is 12.4. The van der Waals surface area contributed by atoms with E-state index in [1.807, 2.05) is 0 Å². The molecular weight excluding hydrogens is 418 g/mol. The second-order valence-electron chi connectivity index (χ2n) is 10.8. The highest BCUT2D eigenvalue weighted by Gasteiger charge is 2.29. The van der Waals surface area contributed by atoms with Gasteiger partial charge < -0.3 is 15.6 Å². The van der Waals surface area contributed by atoms with E-state index >= 15 is 0 Å². The number of fused-ring (bicyclic) bond motifs is 1. The molecule has 5 rings (SSSR count). The van der Waals surface area contributed by atoms with E-state index in [0.717, 1.165) is 43.8 Å². The summed E-state index contributed by atoms with van der Waals surface area (Å²) in [6.07, 6.45) is 11.0. The number of hydrogen-bond donors (Lipinski definition) is 2. The van der Waals surface area contributed by atoms with Crippen LogP contribution in [0.3, 0.4) is 0 Å². The summed E-state index contributed by atoms with van der Waals surface area (Å²) >= 11 is 0. The number of benzene rings is 2. The molecule has 3 N–H and O–H groups in total. The van der Waals surface area contributed by atoms with Gasteiger partial charge in [0.25, 0.3) is 0 Å². The zero-order valence-electron chi connectivity index (χ0n) is 20.8. The summed E-state index contributed by atoms with van der Waals surface area (Å²) in [5, 5.41) is 4.46. The van der Waals surface area contributed by atoms with Gasteiger partial charge in [0.15, 0.2) is 0 Å². The number of nitrogens with two attached hydrogens (primary N) is 1. The molecule has 0 unspecified atom stereocenters. The van der Waals surface area contributed by atoms with Gasteiger partial charge in [0.2, 0.25) is 5.91 Å². The van der Waals surface area contributed by atoms with Crippen LogP contribution in [-0.2, 0) is 11.3 Å². The van der Waals surface area contributed by atoms with Gasteiger partial charge in [-0.2, -0.15) is 0 Å². The smallest absolute Gasteiger partial charge is 0.221 e. The Kier molecular flexibility index (Phi) is 6.78. The average Bonchev–Trinajstić information content (AvgIpc) is 3.12. The van der Waals surface area contributed by atoms with E-state index < -0.39 is 0 Å². The van der Waals surface area contributed by atoms with Crippen LogP contribution in [0, 0.1) is 12.8 Å². The number of aryl methyl sites for hydroxylation is 1. The number of aromatic nitrogens is 1. The molecule has 2 fully saturated rings. The lowest BCUT2D eigenvalue weighted by molar-refractivity contribution is -0.114. The summed E-state index contributed by atoms with van der Waals surface area (Å²) in [6.45, 7) is 4.82. The van der Waals surface area contributed by atoms with E-state index in [1.54, 1.807) is 6.92 Å². The number of anilines is 1. The Balaban J connectivity index is 1.67. The molecule has 1 amide bonds. The van der Waals surface area contributed by atoms with Gasteiger partial charge in [-0.15, -0.1) is 0 Å². The number of amides is 1. The predicted molar refractivity (Wildman–Crippen MR) is 142 cm³/mol. The zero-order valence-corrected chi connectivity index (χ0v) is 20.8. The van der Waals surface area contributed by atoms with Crippen LogP contribution in [0.25, 0.3) is 22.0 Å². The third-order valence-electron chi connectivity index (χ3n) is 8.08. The van der Waals surface area contributed by atoms with Crippen LogP contribution in [0.15, 0.2) is 42.5 Å². The summed E-state index contributed by atoms with van der Waals surface area (Å²) in [6, 6.07) is 15.8. The van der Waals surface area contributed by atoms with E-state index in [1.165, 1.54) is 65.4 Å². The Labute approximate surface area is 203 Å². The normalized spacial score (nSPS) is 21.6. The SMILES string of the molecule is CC(=O)Nc1c(C2CCC(N)CC2)n(CC2CCCCC2)c2ccc(-c3cccc(C)c3)cc12. The molecule has 4 nitrogen and oxygen atoms in total. The van der Waals surface area contributed by atoms with E-state index in [-0.39, 0.29) is 5.91 Å². The first-order valence-corrected chi connectivity index (χ1v) is 13.3. The van der Waals surface area contributed by atoms with E-state index in [0.29, 0.717) is 12.0 Å². The molecule has 0 radical (unpaired) electrons. The number of hydrogen-bond acceptors (Lipinski definition) is 2. The molecular formula is C30H39N3O. The van der Waals surface area contributed by atoms with Crippen LogP contribution in [0.2, 0.25) is 0 Å². The highest BCUT2D eigenvalue weighted by Crippen LogP contribution is 2.44. The maximum Gasteiger partial charge on any atom is 0.221 e. The molecule has 2 saturated carbocycles. The van der Waals surface area contributed by atoms with Crippen molar-refractivity contribution in [1.82, 2.24) is 4.57 Å². The second kappa shape index (κ2) is 9.95. The first-order valence-electron chi connectivity index (χ1n) is 13.3. The van der Waals surface area contributed by atoms with Crippen molar-refractivity contribution in [3.63, 3.8) is 0 Å². The van der Waals surface area contributed by atoms with Crippen LogP contribution >= 0.6 is 0 Å². The van der Waals surface area contributed by atoms with E-state index in [9.17, 15) is 4.79 Å². The van der Waals surface area contributed by atoms with Gasteiger partial charge in [-0.05, 0) is 74.6 Å². The van der Waals surface area contributed by atoms with Crippen LogP contribution < -0.4 is 11.1 Å². The summed E-state index contributed by atoms with van der Waals surface area (Å²) in [5.74, 6) is 1.17. The van der Waals surface area contributed by atoms with Crippen molar-refractivity contribution >= 4 is 22.5 Å². The highest BCUT2D eigenvalue weighted by atomic mass is 16.1. The van der Waals surface area contributed by atoms with Gasteiger partial charge in [0.05, 0.1) is 11.2 Å². The van der Waals surface area contributed by atoms with Crippen LogP contribution in [0.1, 0.15) is 81.9 Å². The molecule has 0 spiro atoms. The van der Waals surface area contributed by atoms with Gasteiger partial charge in [-0.25, -0.2) is 0 Å². The van der Waals surface area contributed by atoms with Crippen molar-refractivity contribution < 1.29 is 4.79 Å². The molecule has 34 heavy (non-hydrogen) atoms. The van der Waals surface area contributed by atoms with Gasteiger partial charge in [-0.3, -0.25) is 4.79 Å². The highest BCUT2D eigenvalue weighted by molar-refractivity contribution is 6.04. The Bertz CT molecular complexity index is 1160. The minimum absolute atomic E-state index is 0.00596. The molecule has 4 heteroatoms. The fourth-order valence-corrected chi connectivity index (χ4v) is 6.33. The van der Waals surface area contributed by atoms with Crippen LogP contribution in [0.5, 0.6) is 0 Å². The van der Waals surface area contributed by atoms with Crippen molar-refractivity contribution in [2.75, 3.05) is 5.32 Å². The van der Waals surface area contributed by atoms with E-state index in [2.05, 4.69) is 59.3 Å². The molecule has 0 atom stereocenters. The second-order valence-corrected chi connectivity index (χ2v) is 10.8. The number of carbonyl (C=O) groups is 1. The fourth-order valence-electron chi connectivity index (χ4n) is 6.33. The topological polar surface area (TPSA) is 60.1 Å². The van der Waals surface area contributed by atoms with E-state index in [4.69, 9.17) is 5.73 Å². The minimum Gasteiger partial charge on any atom is -0.342 e. The monoisotopic (exact) mass is 457 g/mol. The van der Waals surface area contributed by atoms with Crippen molar-refractivity contribution in [3.8, 4) is 11.1 Å². The number of nitrogens with zero attached hydrogens (tertiary/aromatic N) is 1. The van der Waals surface area contributed by atoms with Crippen molar-refractivity contribution in [2.45, 2.75) is 90.1 Å². The Morgan fingerprint density at radius 1 is 0.971 bits per heavy atom. The standard InChI is InChI=1S/C30H39N3O/c1-20-7-6-10-24(17-20)25-13-16-28-27(18-25)29(32-21(2)34)30(23-11-14-26(31)15-12-23)33(28)19-22-8-4-3-5-9-22/h6-7,10,13,16-18,22-23,26H,3-5,8-9,11-12,14-15,19,31H2,1-2H3,(H,32,34). The van der Waals surface area contributed by atoms with Gasteiger partial charge in [0.1, 0.15) is 0 Å². The van der Waals surface area contributed by atoms with Crippen molar-refractivity contribution in [2.24, 2.45) is 11.7 Å². The number of carbonyl (C=O) groups excluding carboxylic acids is 1. The average molecular weight is 458 g/mol. The zero-order chi connectivity index (χ0) is 23.7. The van der Waals surface area contributed by atoms with Crippen molar-refractivity contribution in [3.05, 3.63) is 53.7 Å². The lowest BCUT2D eigenvalue weighted by Crippen LogP contribution is -2.27. The first-order chi connectivity index (χ1) is 16.5. The fraction of sp³-hybridized carbons (Fsp3) is 0.500. The summed E-state index contributed by atoms with van der Waals surface area (Å²) in [4.78, 5) is 12.4. The number of nitrogens with one attached hydrogen (secondary N) is 1. The molecule has 0 bridgehead atoms. The largest absolute Gasteiger partial charge is 0.342 e. The lowest BCUT2D eigenvalue weighted by atomic mass is 9.83. The Morgan fingerprint density at radius 2 is 1.71 bits per heavy atom. The molecule has 2 aliphatic rings. The van der Waals surface area contributed by atoms with Crippen molar-refractivity contribution in [1.29, 1.82) is 0 Å². The molecule has 3 aromatic rings. The number of rotatable bonds is 5. The maximum absolute atomic E-state index is 12.4. The minimum atomic E-state index is 0.00596. The van der Waals surface area contributed by atoms with Crippen LogP contribution in [0.4, 0.5) is 5.69 Å². The quantitative estimate of drug-likeness (QED) is 0.428. The van der Waals surface area contributed by atoms with Crippen LogP contribution in [-0.4, -0.2) is 16.5 Å². The van der Waals surface area contributed by atoms with Gasteiger partial charge in [-0.1, -0.05) is 55.2 Å². The third-order valence-corrected chi connectivity index (χ3v) is 8.08. The molecule has 1 aromatic heterocycles. The summed E-state index contributed by atoms with van der Waals surface area (Å²) < 4.78 is 2.58. The first kappa shape index (κ1) is 23.2. The van der Waals surface area contributed by atoms with Gasteiger partial charge >= 0.3 is 0 Å². The molecule has 2 aromatic carbocycles. The predicted octanol–water partition coefficient (Wildman–Crippen LogP) is 7.14. The molecule has 2 aliphatic carbocycles.